The van der Waals surface area contributed by atoms with Gasteiger partial charge in [-0.2, -0.15) is 0 Å². The van der Waals surface area contributed by atoms with Crippen LogP contribution >= 0.6 is 31.9 Å². The van der Waals surface area contributed by atoms with Crippen LogP contribution in [0.5, 0.6) is 0 Å². The number of para-hydroxylation sites is 1. The fourth-order valence-electron chi connectivity index (χ4n) is 1.66. The second-order valence-corrected chi connectivity index (χ2v) is 5.63. The lowest BCUT2D eigenvalue weighted by molar-refractivity contribution is 0.497. The summed E-state index contributed by atoms with van der Waals surface area (Å²) in [5.41, 5.74) is 1.08. The van der Waals surface area contributed by atoms with Gasteiger partial charge in [-0.05, 0) is 63.0 Å². The lowest BCUT2D eigenvalue weighted by Gasteiger charge is -2.16. The summed E-state index contributed by atoms with van der Waals surface area (Å²) in [7, 11) is 0. The number of rotatable bonds is 4. The van der Waals surface area contributed by atoms with Gasteiger partial charge in [-0.15, -0.1) is 0 Å². The molecule has 0 spiro atoms. The van der Waals surface area contributed by atoms with Crippen molar-refractivity contribution in [2.45, 2.75) is 19.4 Å². The Hall–Kier alpha value is -0.740. The van der Waals surface area contributed by atoms with Crippen LogP contribution in [0.1, 0.15) is 12.7 Å². The molecule has 0 bridgehead atoms. The van der Waals surface area contributed by atoms with Gasteiger partial charge in [0.15, 0.2) is 0 Å². The van der Waals surface area contributed by atoms with Crippen LogP contribution in [0.15, 0.2) is 50.0 Å². The van der Waals surface area contributed by atoms with Crippen molar-refractivity contribution in [2.24, 2.45) is 0 Å². The van der Waals surface area contributed by atoms with Crippen molar-refractivity contribution in [1.29, 1.82) is 0 Å². The van der Waals surface area contributed by atoms with Crippen molar-refractivity contribution in [3.8, 4) is 0 Å². The van der Waals surface area contributed by atoms with Gasteiger partial charge in [0.25, 0.3) is 0 Å². The number of benzene rings is 1. The molecule has 2 aromatic rings. The largest absolute Gasteiger partial charge is 0.469 e. The predicted octanol–water partition coefficient (Wildman–Crippen LogP) is 4.85. The van der Waals surface area contributed by atoms with Gasteiger partial charge in [0.05, 0.1) is 12.0 Å². The first kappa shape index (κ1) is 12.7. The lowest BCUT2D eigenvalue weighted by atomic mass is 10.2. The van der Waals surface area contributed by atoms with Crippen LogP contribution in [0.3, 0.4) is 0 Å². The molecule has 0 fully saturated rings. The monoisotopic (exact) mass is 357 g/mol. The van der Waals surface area contributed by atoms with Crippen LogP contribution in [0, 0.1) is 0 Å². The van der Waals surface area contributed by atoms with Crippen LogP contribution < -0.4 is 5.32 Å². The Labute approximate surface area is 118 Å². The van der Waals surface area contributed by atoms with E-state index in [-0.39, 0.29) is 0 Å². The van der Waals surface area contributed by atoms with Gasteiger partial charge in [-0.25, -0.2) is 0 Å². The lowest BCUT2D eigenvalue weighted by Crippen LogP contribution is -2.18. The maximum Gasteiger partial charge on any atom is 0.105 e. The summed E-state index contributed by atoms with van der Waals surface area (Å²) in [5.74, 6) is 0.994. The number of nitrogens with one attached hydrogen (secondary N) is 1. The van der Waals surface area contributed by atoms with Gasteiger partial charge in [0.2, 0.25) is 0 Å². The Bertz CT molecular complexity index is 462. The van der Waals surface area contributed by atoms with E-state index in [4.69, 9.17) is 4.42 Å². The van der Waals surface area contributed by atoms with Gasteiger partial charge in [0.1, 0.15) is 5.76 Å². The van der Waals surface area contributed by atoms with Crippen molar-refractivity contribution in [2.75, 3.05) is 5.32 Å². The van der Waals surface area contributed by atoms with E-state index in [0.29, 0.717) is 6.04 Å². The zero-order chi connectivity index (χ0) is 12.3. The Balaban J connectivity index is 2.05. The maximum absolute atomic E-state index is 5.34. The first-order valence-electron chi connectivity index (χ1n) is 5.39. The van der Waals surface area contributed by atoms with Crippen LogP contribution in [-0.2, 0) is 6.42 Å². The topological polar surface area (TPSA) is 25.2 Å². The molecule has 2 nitrogen and oxygen atoms in total. The van der Waals surface area contributed by atoms with Crippen molar-refractivity contribution in [3.63, 3.8) is 0 Å². The van der Waals surface area contributed by atoms with E-state index in [0.717, 1.165) is 26.8 Å². The molecule has 0 radical (unpaired) electrons. The van der Waals surface area contributed by atoms with E-state index in [2.05, 4.69) is 44.1 Å². The molecule has 90 valence electrons. The number of halogens is 2. The van der Waals surface area contributed by atoms with E-state index >= 15 is 0 Å². The van der Waals surface area contributed by atoms with E-state index in [1.807, 2.05) is 30.3 Å². The van der Waals surface area contributed by atoms with Crippen molar-refractivity contribution >= 4 is 37.5 Å². The second kappa shape index (κ2) is 5.74. The molecule has 0 saturated carbocycles. The summed E-state index contributed by atoms with van der Waals surface area (Å²) < 4.78 is 7.45. The fraction of sp³-hybridized carbons (Fsp3) is 0.231. The second-order valence-electron chi connectivity index (χ2n) is 3.93. The summed E-state index contributed by atoms with van der Waals surface area (Å²) in [6.45, 7) is 2.13. The van der Waals surface area contributed by atoms with Crippen LogP contribution in [0.4, 0.5) is 5.69 Å². The molecule has 0 aliphatic rings. The Morgan fingerprint density at radius 2 is 1.88 bits per heavy atom. The minimum atomic E-state index is 0.302. The molecule has 1 aromatic carbocycles. The van der Waals surface area contributed by atoms with Crippen molar-refractivity contribution in [1.82, 2.24) is 0 Å². The number of hydrogen-bond acceptors (Lipinski definition) is 2. The van der Waals surface area contributed by atoms with Gasteiger partial charge in [-0.3, -0.25) is 0 Å². The van der Waals surface area contributed by atoms with E-state index < -0.39 is 0 Å². The summed E-state index contributed by atoms with van der Waals surface area (Å²) >= 11 is 7.08. The van der Waals surface area contributed by atoms with Gasteiger partial charge < -0.3 is 9.73 Å². The molecule has 2 rings (SSSR count). The van der Waals surface area contributed by atoms with Crippen LogP contribution in [-0.4, -0.2) is 6.04 Å². The molecule has 1 unspecified atom stereocenters. The highest BCUT2D eigenvalue weighted by atomic mass is 79.9. The molecule has 1 N–H and O–H groups in total. The predicted molar refractivity (Wildman–Crippen MR) is 77.3 cm³/mol. The normalized spacial score (nSPS) is 12.4. The average molecular weight is 359 g/mol. The molecule has 0 amide bonds. The molecule has 1 atom stereocenters. The SMILES string of the molecule is CC(Cc1ccco1)Nc1c(Br)cccc1Br. The Morgan fingerprint density at radius 1 is 1.18 bits per heavy atom. The average Bonchev–Trinajstić information content (AvgIpc) is 2.76. The zero-order valence-electron chi connectivity index (χ0n) is 9.41. The molecule has 4 heteroatoms. The van der Waals surface area contributed by atoms with Gasteiger partial charge >= 0.3 is 0 Å². The van der Waals surface area contributed by atoms with Gasteiger partial charge in [-0.1, -0.05) is 6.07 Å². The molecule has 17 heavy (non-hydrogen) atoms. The minimum absolute atomic E-state index is 0.302. The highest BCUT2D eigenvalue weighted by Crippen LogP contribution is 2.31. The first-order valence-corrected chi connectivity index (χ1v) is 6.98. The summed E-state index contributed by atoms with van der Waals surface area (Å²) in [6, 6.07) is 10.2. The van der Waals surface area contributed by atoms with E-state index in [1.165, 1.54) is 0 Å². The third kappa shape index (κ3) is 3.36. The molecule has 0 aliphatic carbocycles. The standard InChI is InChI=1S/C13H13Br2NO/c1-9(8-10-4-3-7-17-10)16-13-11(14)5-2-6-12(13)15/h2-7,9,16H,8H2,1H3. The van der Waals surface area contributed by atoms with Crippen molar-refractivity contribution < 1.29 is 4.42 Å². The molecular weight excluding hydrogens is 346 g/mol. The molecule has 0 saturated heterocycles. The quantitative estimate of drug-likeness (QED) is 0.845. The third-order valence-electron chi connectivity index (χ3n) is 2.44. The van der Waals surface area contributed by atoms with Gasteiger partial charge in [0, 0.05) is 21.4 Å². The Morgan fingerprint density at radius 3 is 2.47 bits per heavy atom. The van der Waals surface area contributed by atoms with E-state index in [1.54, 1.807) is 6.26 Å². The maximum atomic E-state index is 5.34. The first-order chi connectivity index (χ1) is 8.16. The van der Waals surface area contributed by atoms with Crippen LogP contribution in [0.2, 0.25) is 0 Å². The summed E-state index contributed by atoms with van der Waals surface area (Å²) in [5, 5.41) is 3.46. The molecular formula is C13H13Br2NO. The summed E-state index contributed by atoms with van der Waals surface area (Å²) in [6.07, 6.45) is 2.57. The minimum Gasteiger partial charge on any atom is -0.469 e. The summed E-state index contributed by atoms with van der Waals surface area (Å²) in [4.78, 5) is 0. The fourth-order valence-corrected chi connectivity index (χ4v) is 2.89. The number of anilines is 1. The molecule has 1 aromatic heterocycles. The smallest absolute Gasteiger partial charge is 0.105 e. The Kier molecular flexibility index (Phi) is 4.29. The number of hydrogen-bond donors (Lipinski definition) is 1. The highest BCUT2D eigenvalue weighted by molar-refractivity contribution is 9.11. The molecule has 1 heterocycles. The highest BCUT2D eigenvalue weighted by Gasteiger charge is 2.10. The van der Waals surface area contributed by atoms with E-state index in [9.17, 15) is 0 Å². The zero-order valence-corrected chi connectivity index (χ0v) is 12.6. The number of furan rings is 1. The molecule has 0 aliphatic heterocycles. The van der Waals surface area contributed by atoms with Crippen molar-refractivity contribution in [3.05, 3.63) is 51.3 Å². The third-order valence-corrected chi connectivity index (χ3v) is 3.76. The van der Waals surface area contributed by atoms with Crippen LogP contribution in [0.25, 0.3) is 0 Å².